The fourth-order valence-electron chi connectivity index (χ4n) is 1.75. The summed E-state index contributed by atoms with van der Waals surface area (Å²) in [4.78, 5) is 0. The Balaban J connectivity index is 2.66. The van der Waals surface area contributed by atoms with Crippen molar-refractivity contribution >= 4 is 30.1 Å². The van der Waals surface area contributed by atoms with Gasteiger partial charge in [-0.15, -0.1) is 0 Å². The van der Waals surface area contributed by atoms with Crippen LogP contribution in [0.4, 0.5) is 0 Å². The highest BCUT2D eigenvalue weighted by Crippen LogP contribution is 2.30. The van der Waals surface area contributed by atoms with Crippen LogP contribution in [0.3, 0.4) is 0 Å². The molecule has 3 rings (SSSR count). The first-order chi connectivity index (χ1) is 7.84. The first-order valence-electron chi connectivity index (χ1n) is 4.94. The minimum Gasteiger partial charge on any atom is -0.408 e. The van der Waals surface area contributed by atoms with Crippen molar-refractivity contribution in [2.24, 2.45) is 0 Å². The van der Waals surface area contributed by atoms with Crippen molar-refractivity contribution < 1.29 is 8.39 Å². The number of nitrogen functional groups attached to an aromatic ring is 1. The highest BCUT2D eigenvalue weighted by atomic mass is 31.1. The minimum atomic E-state index is -1.39. The lowest BCUT2D eigenvalue weighted by Gasteiger charge is -1.92. The van der Waals surface area contributed by atoms with Crippen molar-refractivity contribution in [2.45, 2.75) is 0 Å². The molecule has 0 bridgehead atoms. The fourth-order valence-corrected chi connectivity index (χ4v) is 2.49. The molecule has 0 aliphatic heterocycles. The van der Waals surface area contributed by atoms with Crippen LogP contribution < -0.4 is 5.50 Å². The maximum absolute atomic E-state index is 5.78. The van der Waals surface area contributed by atoms with E-state index >= 15 is 0 Å². The summed E-state index contributed by atoms with van der Waals surface area (Å²) in [6, 6.07) is 15.6. The van der Waals surface area contributed by atoms with E-state index in [0.29, 0.717) is 0 Å². The van der Waals surface area contributed by atoms with Gasteiger partial charge in [-0.3, -0.25) is 0 Å². The Kier molecular flexibility index (Phi) is 2.21. The van der Waals surface area contributed by atoms with E-state index in [4.69, 9.17) is 13.9 Å². The maximum Gasteiger partial charge on any atom is 0.303 e. The first-order valence-corrected chi connectivity index (χ1v) is 6.18. The third-order valence-corrected chi connectivity index (χ3v) is 3.19. The summed E-state index contributed by atoms with van der Waals surface area (Å²) < 4.78 is 11.1. The predicted molar refractivity (Wildman–Crippen MR) is 66.5 cm³/mol. The zero-order valence-corrected chi connectivity index (χ0v) is 9.35. The highest BCUT2D eigenvalue weighted by Gasteiger charge is 2.02. The Labute approximate surface area is 93.1 Å². The predicted octanol–water partition coefficient (Wildman–Crippen LogP) is 4.00. The molecule has 0 fully saturated rings. The van der Waals surface area contributed by atoms with Gasteiger partial charge in [0.1, 0.15) is 11.2 Å². The van der Waals surface area contributed by atoms with Gasteiger partial charge in [0.25, 0.3) is 0 Å². The average molecular weight is 231 g/mol. The molecule has 0 unspecified atom stereocenters. The summed E-state index contributed by atoms with van der Waals surface area (Å²) in [5.74, 6) is 0. The Morgan fingerprint density at radius 1 is 0.750 bits per heavy atom. The summed E-state index contributed by atoms with van der Waals surface area (Å²) >= 11 is 0. The third kappa shape index (κ3) is 1.51. The standard InChI is InChI=1S/C12H10NO2P/c13-16-14-11-7-3-1-5-9(11)10-6-2-4-8-12(10)15-16/h1-8H,13H2. The van der Waals surface area contributed by atoms with Crippen molar-refractivity contribution in [2.75, 3.05) is 5.50 Å². The average Bonchev–Trinajstić information content (AvgIpc) is 2.44. The van der Waals surface area contributed by atoms with Gasteiger partial charge in [-0.25, -0.2) is 5.50 Å². The summed E-state index contributed by atoms with van der Waals surface area (Å²) in [5, 5.41) is 2.04. The summed E-state index contributed by atoms with van der Waals surface area (Å²) in [5.41, 5.74) is 7.34. The fraction of sp³-hybridized carbons (Fsp3) is 0. The molecular formula is C12H10NO2P. The molecule has 0 saturated heterocycles. The molecule has 0 saturated carbocycles. The lowest BCUT2D eigenvalue weighted by molar-refractivity contribution is 0.648. The van der Waals surface area contributed by atoms with Gasteiger partial charge in [0, 0.05) is 10.8 Å². The highest BCUT2D eigenvalue weighted by molar-refractivity contribution is 7.36. The second-order valence-electron chi connectivity index (χ2n) is 3.46. The number of benzene rings is 2. The quantitative estimate of drug-likeness (QED) is 0.636. The van der Waals surface area contributed by atoms with E-state index in [1.165, 1.54) is 0 Å². The molecule has 1 heterocycles. The lowest BCUT2D eigenvalue weighted by atomic mass is 10.1. The van der Waals surface area contributed by atoms with Gasteiger partial charge in [0.15, 0.2) is 0 Å². The Bertz CT molecular complexity index is 633. The molecule has 16 heavy (non-hydrogen) atoms. The van der Waals surface area contributed by atoms with Crippen LogP contribution in [0.25, 0.3) is 21.9 Å². The number of para-hydroxylation sites is 2. The Hall–Kier alpha value is -1.70. The number of hydrogen-bond donors (Lipinski definition) is 1. The Morgan fingerprint density at radius 3 is 1.69 bits per heavy atom. The van der Waals surface area contributed by atoms with Crippen LogP contribution in [0.1, 0.15) is 0 Å². The van der Waals surface area contributed by atoms with Crippen molar-refractivity contribution in [1.29, 1.82) is 0 Å². The maximum atomic E-state index is 5.78. The van der Waals surface area contributed by atoms with Gasteiger partial charge in [-0.2, -0.15) is 0 Å². The third-order valence-electron chi connectivity index (χ3n) is 2.44. The van der Waals surface area contributed by atoms with Crippen LogP contribution in [0.5, 0.6) is 0 Å². The Morgan fingerprint density at radius 2 is 1.19 bits per heavy atom. The monoisotopic (exact) mass is 231 g/mol. The molecule has 0 atom stereocenters. The van der Waals surface area contributed by atoms with E-state index in [1.807, 2.05) is 48.5 Å². The molecule has 0 radical (unpaired) electrons. The second-order valence-corrected chi connectivity index (χ2v) is 4.40. The molecule has 3 nitrogen and oxygen atoms in total. The molecule has 2 N–H and O–H groups in total. The van der Waals surface area contributed by atoms with Crippen molar-refractivity contribution in [1.82, 2.24) is 0 Å². The van der Waals surface area contributed by atoms with Gasteiger partial charge >= 0.3 is 8.16 Å². The minimum absolute atomic E-state index is 0.779. The van der Waals surface area contributed by atoms with Crippen molar-refractivity contribution in [3.05, 3.63) is 48.5 Å². The van der Waals surface area contributed by atoms with E-state index in [2.05, 4.69) is 0 Å². The van der Waals surface area contributed by atoms with Gasteiger partial charge in [0.05, 0.1) is 0 Å². The van der Waals surface area contributed by atoms with Crippen LogP contribution in [0.2, 0.25) is 0 Å². The topological polar surface area (TPSA) is 52.3 Å². The first kappa shape index (κ1) is 9.52. The molecule has 80 valence electrons. The van der Waals surface area contributed by atoms with Gasteiger partial charge in [-0.05, 0) is 12.1 Å². The molecular weight excluding hydrogens is 221 g/mol. The molecule has 2 aromatic carbocycles. The van der Waals surface area contributed by atoms with Crippen LogP contribution in [-0.4, -0.2) is 0 Å². The molecule has 0 aliphatic carbocycles. The SMILES string of the molecule is Np1oc2ccccc2c2ccccc2o1. The lowest BCUT2D eigenvalue weighted by Crippen LogP contribution is -1.69. The van der Waals surface area contributed by atoms with E-state index in [0.717, 1.165) is 21.9 Å². The number of rotatable bonds is 0. The van der Waals surface area contributed by atoms with Crippen molar-refractivity contribution in [3.63, 3.8) is 0 Å². The normalized spacial score (nSPS) is 10.8. The van der Waals surface area contributed by atoms with E-state index < -0.39 is 8.16 Å². The summed E-state index contributed by atoms with van der Waals surface area (Å²) in [6.45, 7) is 0. The van der Waals surface area contributed by atoms with E-state index in [-0.39, 0.29) is 0 Å². The van der Waals surface area contributed by atoms with E-state index in [9.17, 15) is 0 Å². The van der Waals surface area contributed by atoms with Crippen LogP contribution in [0, 0.1) is 0 Å². The molecule has 0 amide bonds. The molecule has 0 aliphatic rings. The smallest absolute Gasteiger partial charge is 0.303 e. The second kappa shape index (κ2) is 3.71. The van der Waals surface area contributed by atoms with Crippen LogP contribution in [0.15, 0.2) is 56.9 Å². The number of fused-ring (bicyclic) bond motifs is 3. The van der Waals surface area contributed by atoms with Gasteiger partial charge in [0.2, 0.25) is 0 Å². The van der Waals surface area contributed by atoms with Gasteiger partial charge in [-0.1, -0.05) is 36.4 Å². The number of nitrogens with two attached hydrogens (primary N) is 1. The zero-order valence-electron chi connectivity index (χ0n) is 8.46. The van der Waals surface area contributed by atoms with E-state index in [1.54, 1.807) is 0 Å². The van der Waals surface area contributed by atoms with Crippen molar-refractivity contribution in [3.8, 4) is 0 Å². The summed E-state index contributed by atoms with van der Waals surface area (Å²) in [6.07, 6.45) is 0. The van der Waals surface area contributed by atoms with Gasteiger partial charge < -0.3 is 8.39 Å². The van der Waals surface area contributed by atoms with Crippen LogP contribution in [-0.2, 0) is 0 Å². The number of hydrogen-bond acceptors (Lipinski definition) is 3. The molecule has 1 aromatic heterocycles. The molecule has 0 spiro atoms. The zero-order chi connectivity index (χ0) is 11.0. The van der Waals surface area contributed by atoms with Crippen LogP contribution >= 0.6 is 8.16 Å². The molecule has 3 aromatic rings. The summed E-state index contributed by atoms with van der Waals surface area (Å²) in [7, 11) is -1.39. The molecule has 4 heteroatoms. The largest absolute Gasteiger partial charge is 0.408 e.